The van der Waals surface area contributed by atoms with Crippen LogP contribution in [0.1, 0.15) is 26.3 Å². The SMILES string of the molecule is Cc1ccccc1-c1nnc(SCN2C(=O)c3ccccc3C2=O)n1C. The van der Waals surface area contributed by atoms with Crippen LogP contribution in [0.3, 0.4) is 0 Å². The van der Waals surface area contributed by atoms with E-state index in [1.807, 2.05) is 42.8 Å². The highest BCUT2D eigenvalue weighted by atomic mass is 32.2. The first-order chi connectivity index (χ1) is 12.6. The number of fused-ring (bicyclic) bond motifs is 1. The highest BCUT2D eigenvalue weighted by Gasteiger charge is 2.35. The molecule has 4 rings (SSSR count). The van der Waals surface area contributed by atoms with E-state index in [0.717, 1.165) is 17.0 Å². The molecule has 0 fully saturated rings. The molecule has 0 aliphatic carbocycles. The van der Waals surface area contributed by atoms with Crippen molar-refractivity contribution >= 4 is 23.6 Å². The molecule has 2 heterocycles. The molecule has 0 N–H and O–H groups in total. The average Bonchev–Trinajstić information content (AvgIpc) is 3.13. The zero-order valence-corrected chi connectivity index (χ0v) is 15.2. The first kappa shape index (κ1) is 16.5. The fourth-order valence-electron chi connectivity index (χ4n) is 2.98. The minimum absolute atomic E-state index is 0.200. The highest BCUT2D eigenvalue weighted by Crippen LogP contribution is 2.28. The van der Waals surface area contributed by atoms with Crippen LogP contribution in [0.2, 0.25) is 0 Å². The Morgan fingerprint density at radius 1 is 0.885 bits per heavy atom. The third-order valence-electron chi connectivity index (χ3n) is 4.42. The monoisotopic (exact) mass is 364 g/mol. The first-order valence-corrected chi connectivity index (χ1v) is 9.10. The first-order valence-electron chi connectivity index (χ1n) is 8.11. The molecule has 26 heavy (non-hydrogen) atoms. The second-order valence-corrected chi connectivity index (χ2v) is 6.95. The van der Waals surface area contributed by atoms with E-state index < -0.39 is 0 Å². The van der Waals surface area contributed by atoms with Crippen LogP contribution in [0, 0.1) is 6.92 Å². The molecule has 1 aromatic heterocycles. The van der Waals surface area contributed by atoms with Gasteiger partial charge in [0.1, 0.15) is 0 Å². The lowest BCUT2D eigenvalue weighted by molar-refractivity contribution is 0.0684. The number of amides is 2. The van der Waals surface area contributed by atoms with Crippen molar-refractivity contribution in [3.63, 3.8) is 0 Å². The summed E-state index contributed by atoms with van der Waals surface area (Å²) in [5, 5.41) is 9.15. The standard InChI is InChI=1S/C19H16N4O2S/c1-12-7-3-4-8-13(12)16-20-21-19(22(16)2)26-11-23-17(24)14-9-5-6-10-15(14)18(23)25/h3-10H,11H2,1-2H3. The van der Waals surface area contributed by atoms with Gasteiger partial charge < -0.3 is 4.57 Å². The number of carbonyl (C=O) groups excluding carboxylic acids is 2. The minimum Gasteiger partial charge on any atom is -0.305 e. The van der Waals surface area contributed by atoms with Crippen molar-refractivity contribution in [1.82, 2.24) is 19.7 Å². The molecule has 0 unspecified atom stereocenters. The topological polar surface area (TPSA) is 68.1 Å². The van der Waals surface area contributed by atoms with Crippen molar-refractivity contribution in [1.29, 1.82) is 0 Å². The predicted molar refractivity (Wildman–Crippen MR) is 98.8 cm³/mol. The molecule has 6 nitrogen and oxygen atoms in total. The van der Waals surface area contributed by atoms with Crippen molar-refractivity contribution in [2.45, 2.75) is 12.1 Å². The molecule has 0 saturated heterocycles. The summed E-state index contributed by atoms with van der Waals surface area (Å²) in [5.74, 6) is 0.429. The van der Waals surface area contributed by atoms with E-state index >= 15 is 0 Å². The summed E-state index contributed by atoms with van der Waals surface area (Å²) in [7, 11) is 1.88. The second kappa shape index (κ2) is 6.42. The number of hydrogen-bond acceptors (Lipinski definition) is 5. The van der Waals surface area contributed by atoms with Gasteiger partial charge >= 0.3 is 0 Å². The summed E-state index contributed by atoms with van der Waals surface area (Å²) < 4.78 is 1.88. The highest BCUT2D eigenvalue weighted by molar-refractivity contribution is 7.99. The van der Waals surface area contributed by atoms with Crippen LogP contribution in [0.15, 0.2) is 53.7 Å². The van der Waals surface area contributed by atoms with Gasteiger partial charge in [0.25, 0.3) is 11.8 Å². The molecule has 2 amide bonds. The molecular formula is C19H16N4O2S. The molecule has 3 aromatic rings. The Labute approximate surface area is 154 Å². The normalized spacial score (nSPS) is 13.4. The molecular weight excluding hydrogens is 348 g/mol. The molecule has 2 aromatic carbocycles. The Kier molecular flexibility index (Phi) is 4.08. The maximum atomic E-state index is 12.4. The fraction of sp³-hybridized carbons (Fsp3) is 0.158. The smallest absolute Gasteiger partial charge is 0.262 e. The quantitative estimate of drug-likeness (QED) is 0.525. The number of rotatable bonds is 4. The van der Waals surface area contributed by atoms with Gasteiger partial charge in [-0.2, -0.15) is 0 Å². The van der Waals surface area contributed by atoms with Crippen LogP contribution in [0.5, 0.6) is 0 Å². The second-order valence-electron chi connectivity index (χ2n) is 6.04. The summed E-state index contributed by atoms with van der Waals surface area (Å²) in [5.41, 5.74) is 3.03. The van der Waals surface area contributed by atoms with E-state index in [0.29, 0.717) is 16.3 Å². The number of hydrogen-bond donors (Lipinski definition) is 0. The van der Waals surface area contributed by atoms with E-state index in [9.17, 15) is 9.59 Å². The number of benzene rings is 2. The van der Waals surface area contributed by atoms with Crippen molar-refractivity contribution in [3.05, 3.63) is 65.2 Å². The van der Waals surface area contributed by atoms with Crippen LogP contribution < -0.4 is 0 Å². The number of nitrogens with zero attached hydrogens (tertiary/aromatic N) is 4. The summed E-state index contributed by atoms with van der Waals surface area (Å²) in [4.78, 5) is 26.1. The Hall–Kier alpha value is -2.93. The van der Waals surface area contributed by atoms with Gasteiger partial charge in [0.15, 0.2) is 11.0 Å². The van der Waals surface area contributed by atoms with E-state index in [1.54, 1.807) is 24.3 Å². The minimum atomic E-state index is -0.264. The van der Waals surface area contributed by atoms with Crippen molar-refractivity contribution in [2.24, 2.45) is 7.05 Å². The van der Waals surface area contributed by atoms with Gasteiger partial charge in [-0.05, 0) is 24.6 Å². The number of aryl methyl sites for hydroxylation is 1. The lowest BCUT2D eigenvalue weighted by Crippen LogP contribution is -2.29. The van der Waals surface area contributed by atoms with Crippen LogP contribution in [-0.4, -0.2) is 37.4 Å². The summed E-state index contributed by atoms with van der Waals surface area (Å²) >= 11 is 1.32. The summed E-state index contributed by atoms with van der Waals surface area (Å²) in [6, 6.07) is 14.8. The van der Waals surface area contributed by atoms with Crippen LogP contribution in [0.25, 0.3) is 11.4 Å². The number of imide groups is 1. The number of thioether (sulfide) groups is 1. The maximum absolute atomic E-state index is 12.4. The third-order valence-corrected chi connectivity index (χ3v) is 5.42. The van der Waals surface area contributed by atoms with Gasteiger partial charge in [0, 0.05) is 12.6 Å². The van der Waals surface area contributed by atoms with Gasteiger partial charge in [-0.1, -0.05) is 48.2 Å². The summed E-state index contributed by atoms with van der Waals surface area (Å²) in [6.45, 7) is 2.02. The Morgan fingerprint density at radius 3 is 2.08 bits per heavy atom. The molecule has 0 bridgehead atoms. The number of aromatic nitrogens is 3. The van der Waals surface area contributed by atoms with Gasteiger partial charge in [0.2, 0.25) is 0 Å². The van der Waals surface area contributed by atoms with E-state index in [4.69, 9.17) is 0 Å². The zero-order valence-electron chi connectivity index (χ0n) is 14.3. The van der Waals surface area contributed by atoms with Crippen LogP contribution in [-0.2, 0) is 7.05 Å². The molecule has 1 aliphatic rings. The molecule has 0 spiro atoms. The van der Waals surface area contributed by atoms with Crippen LogP contribution in [0.4, 0.5) is 0 Å². The largest absolute Gasteiger partial charge is 0.305 e. The maximum Gasteiger partial charge on any atom is 0.262 e. The lowest BCUT2D eigenvalue weighted by atomic mass is 10.1. The van der Waals surface area contributed by atoms with Gasteiger partial charge in [-0.3, -0.25) is 14.5 Å². The molecule has 130 valence electrons. The molecule has 0 radical (unpaired) electrons. The molecule has 1 aliphatic heterocycles. The van der Waals surface area contributed by atoms with Gasteiger partial charge in [0.05, 0.1) is 17.0 Å². The third kappa shape index (κ3) is 2.61. The lowest BCUT2D eigenvalue weighted by Gasteiger charge is -2.12. The van der Waals surface area contributed by atoms with E-state index in [-0.39, 0.29) is 17.7 Å². The molecule has 0 saturated carbocycles. The van der Waals surface area contributed by atoms with Crippen LogP contribution >= 0.6 is 11.8 Å². The predicted octanol–water partition coefficient (Wildman–Crippen LogP) is 3.14. The van der Waals surface area contributed by atoms with Gasteiger partial charge in [-0.15, -0.1) is 10.2 Å². The number of carbonyl (C=O) groups is 2. The summed E-state index contributed by atoms with van der Waals surface area (Å²) in [6.07, 6.45) is 0. The molecule has 7 heteroatoms. The van der Waals surface area contributed by atoms with E-state index in [1.165, 1.54) is 16.7 Å². The fourth-order valence-corrected chi connectivity index (χ4v) is 3.84. The average molecular weight is 364 g/mol. The van der Waals surface area contributed by atoms with E-state index in [2.05, 4.69) is 10.2 Å². The Balaban J connectivity index is 1.54. The van der Waals surface area contributed by atoms with Crippen molar-refractivity contribution in [3.8, 4) is 11.4 Å². The van der Waals surface area contributed by atoms with Gasteiger partial charge in [-0.25, -0.2) is 0 Å². The Bertz CT molecular complexity index is 993. The van der Waals surface area contributed by atoms with Crippen molar-refractivity contribution < 1.29 is 9.59 Å². The molecule has 0 atom stereocenters. The van der Waals surface area contributed by atoms with Crippen molar-refractivity contribution in [2.75, 3.05) is 5.88 Å². The Morgan fingerprint density at radius 2 is 1.46 bits per heavy atom. The zero-order chi connectivity index (χ0) is 18.3.